The first kappa shape index (κ1) is 27.0. The van der Waals surface area contributed by atoms with E-state index in [1.807, 2.05) is 17.6 Å². The van der Waals surface area contributed by atoms with Crippen LogP contribution in [0.1, 0.15) is 25.1 Å². The molecule has 39 heavy (non-hydrogen) atoms. The Morgan fingerprint density at radius 3 is 2.64 bits per heavy atom. The summed E-state index contributed by atoms with van der Waals surface area (Å²) in [6, 6.07) is 6.01. The highest BCUT2D eigenvalue weighted by molar-refractivity contribution is 7.98. The largest absolute Gasteiger partial charge is 0.513 e. The molecule has 2 N–H and O–H groups in total. The number of thiazole rings is 1. The van der Waals surface area contributed by atoms with E-state index in [1.165, 1.54) is 42.0 Å². The third kappa shape index (κ3) is 4.34. The Bertz CT molecular complexity index is 1500. The number of aromatic nitrogens is 2. The molecular formula is C26H27N3O8S2. The summed E-state index contributed by atoms with van der Waals surface area (Å²) in [6.45, 7) is 3.24. The number of ether oxygens (including phenoxy) is 3. The first-order chi connectivity index (χ1) is 18.6. The number of benzene rings is 1. The van der Waals surface area contributed by atoms with Crippen molar-refractivity contribution in [2.45, 2.75) is 37.4 Å². The van der Waals surface area contributed by atoms with Gasteiger partial charge in [-0.1, -0.05) is 19.1 Å². The van der Waals surface area contributed by atoms with Crippen molar-refractivity contribution in [1.82, 2.24) is 14.3 Å². The number of para-hydroxylation sites is 2. The minimum absolute atomic E-state index is 0.117. The minimum atomic E-state index is -1.24. The number of carbonyl (C=O) groups excluding carboxylic acids is 2. The molecule has 4 heterocycles. The van der Waals surface area contributed by atoms with Gasteiger partial charge in [-0.15, -0.1) is 23.1 Å². The normalized spacial score (nSPS) is 23.0. The summed E-state index contributed by atoms with van der Waals surface area (Å²) in [4.78, 5) is 45.3. The van der Waals surface area contributed by atoms with Crippen molar-refractivity contribution < 1.29 is 38.8 Å². The van der Waals surface area contributed by atoms with Crippen molar-refractivity contribution >= 4 is 51.5 Å². The minimum Gasteiger partial charge on any atom is -0.493 e. The van der Waals surface area contributed by atoms with Gasteiger partial charge in [-0.05, 0) is 31.7 Å². The van der Waals surface area contributed by atoms with Crippen molar-refractivity contribution in [3.05, 3.63) is 47.4 Å². The van der Waals surface area contributed by atoms with E-state index in [2.05, 4.69) is 4.98 Å². The van der Waals surface area contributed by atoms with Crippen LogP contribution >= 0.6 is 23.1 Å². The fourth-order valence-electron chi connectivity index (χ4n) is 5.53. The number of aliphatic hydroxyl groups is 1. The Balaban J connectivity index is 1.48. The number of carboxylic acid groups (broad SMARTS) is 1. The number of fused-ring (bicyclic) bond motifs is 2. The average molecular weight is 574 g/mol. The summed E-state index contributed by atoms with van der Waals surface area (Å²) in [5.41, 5.74) is -0.618. The van der Waals surface area contributed by atoms with Gasteiger partial charge in [0.2, 0.25) is 5.91 Å². The summed E-state index contributed by atoms with van der Waals surface area (Å²) in [7, 11) is 1.46. The molecule has 0 spiro atoms. The second-order valence-corrected chi connectivity index (χ2v) is 11.4. The van der Waals surface area contributed by atoms with Crippen molar-refractivity contribution in [2.75, 3.05) is 20.0 Å². The van der Waals surface area contributed by atoms with Crippen LogP contribution in [0.2, 0.25) is 0 Å². The molecular weight excluding hydrogens is 546 g/mol. The molecule has 1 unspecified atom stereocenters. The molecule has 0 radical (unpaired) electrons. The van der Waals surface area contributed by atoms with Gasteiger partial charge in [0, 0.05) is 17.2 Å². The highest BCUT2D eigenvalue weighted by Gasteiger charge is 2.66. The van der Waals surface area contributed by atoms with E-state index >= 15 is 0 Å². The summed E-state index contributed by atoms with van der Waals surface area (Å²) in [5.74, 6) is -1.92. The van der Waals surface area contributed by atoms with E-state index in [9.17, 15) is 24.6 Å². The van der Waals surface area contributed by atoms with E-state index in [1.54, 1.807) is 36.8 Å². The fraction of sp³-hybridized carbons (Fsp3) is 0.385. The van der Waals surface area contributed by atoms with Gasteiger partial charge in [-0.2, -0.15) is 0 Å². The predicted molar refractivity (Wildman–Crippen MR) is 143 cm³/mol. The summed E-state index contributed by atoms with van der Waals surface area (Å²) in [5, 5.41) is 21.5. The quantitative estimate of drug-likeness (QED) is 0.168. The summed E-state index contributed by atoms with van der Waals surface area (Å²) >= 11 is 2.85. The maximum atomic E-state index is 13.1. The standard InChI is InChI=1S/C26H27N3O8S2/c1-13(30)17-20-26(2,9-10-36-25(34)37-15-8-6-5-7-14(15)35-3)18(19(24(32)33)29(20)22(17)31)16-11-28-12-27-21(38-4)23(28)39-16/h5-8,11-13,17,20,30H,9-10H2,1-4H3,(H,32,33)/t13?,17-,20-,26+/m1/s1. The van der Waals surface area contributed by atoms with Crippen LogP contribution in [-0.4, -0.2) is 74.6 Å². The molecule has 11 nitrogen and oxygen atoms in total. The van der Waals surface area contributed by atoms with E-state index in [-0.39, 0.29) is 24.5 Å². The number of aliphatic hydroxyl groups excluding tert-OH is 1. The van der Waals surface area contributed by atoms with Crippen LogP contribution in [0.4, 0.5) is 4.79 Å². The van der Waals surface area contributed by atoms with Crippen LogP contribution in [0.25, 0.3) is 10.4 Å². The Morgan fingerprint density at radius 1 is 1.28 bits per heavy atom. The van der Waals surface area contributed by atoms with Gasteiger partial charge in [-0.25, -0.2) is 14.6 Å². The zero-order chi connectivity index (χ0) is 28.1. The maximum absolute atomic E-state index is 13.1. The van der Waals surface area contributed by atoms with E-state index in [4.69, 9.17) is 14.2 Å². The molecule has 2 aliphatic rings. The van der Waals surface area contributed by atoms with Gasteiger partial charge < -0.3 is 29.3 Å². The number of carboxylic acids is 1. The summed E-state index contributed by atoms with van der Waals surface area (Å²) < 4.78 is 17.7. The number of thioether (sulfide) groups is 1. The Hall–Kier alpha value is -3.55. The van der Waals surface area contributed by atoms with Crippen molar-refractivity contribution in [3.8, 4) is 11.5 Å². The molecule has 4 atom stereocenters. The van der Waals surface area contributed by atoms with E-state index < -0.39 is 41.5 Å². The van der Waals surface area contributed by atoms with Gasteiger partial charge in [0.05, 0.1) is 36.7 Å². The second kappa shape index (κ2) is 10.2. The molecule has 1 fully saturated rings. The first-order valence-corrected chi connectivity index (χ1v) is 14.1. The van der Waals surface area contributed by atoms with Crippen molar-refractivity contribution in [1.29, 1.82) is 0 Å². The van der Waals surface area contributed by atoms with Gasteiger partial charge in [0.15, 0.2) is 11.5 Å². The zero-order valence-corrected chi connectivity index (χ0v) is 23.2. The topological polar surface area (TPSA) is 140 Å². The number of β-lactam (4-membered cyclic amide) rings is 1. The van der Waals surface area contributed by atoms with Crippen LogP contribution in [0.15, 0.2) is 47.5 Å². The number of rotatable bonds is 9. The third-order valence-electron chi connectivity index (χ3n) is 7.29. The zero-order valence-electron chi connectivity index (χ0n) is 21.6. The molecule has 1 saturated heterocycles. The molecule has 3 aromatic rings. The SMILES string of the molecule is COc1ccccc1OC(=O)OCC[C@@]1(C)C(c2cn3cnc(SC)c3s2)=C(C(=O)O)N2C(=O)[C@H](C(C)O)[C@@H]21. The van der Waals surface area contributed by atoms with Gasteiger partial charge in [-0.3, -0.25) is 9.20 Å². The van der Waals surface area contributed by atoms with E-state index in [0.717, 1.165) is 9.86 Å². The smallest absolute Gasteiger partial charge is 0.493 e. The lowest BCUT2D eigenvalue weighted by atomic mass is 9.66. The molecule has 0 bridgehead atoms. The number of nitrogens with zero attached hydrogens (tertiary/aromatic N) is 3. The Morgan fingerprint density at radius 2 is 2.00 bits per heavy atom. The lowest BCUT2D eigenvalue weighted by Crippen LogP contribution is -2.66. The maximum Gasteiger partial charge on any atom is 0.513 e. The first-order valence-electron chi connectivity index (χ1n) is 12.1. The lowest BCUT2D eigenvalue weighted by molar-refractivity contribution is -0.167. The monoisotopic (exact) mass is 573 g/mol. The van der Waals surface area contributed by atoms with Crippen LogP contribution in [-0.2, 0) is 14.3 Å². The fourth-order valence-corrected chi connectivity index (χ4v) is 7.49. The summed E-state index contributed by atoms with van der Waals surface area (Å²) in [6.07, 6.45) is 3.61. The van der Waals surface area contributed by atoms with Gasteiger partial charge >= 0.3 is 12.1 Å². The Kier molecular flexibility index (Phi) is 7.08. The van der Waals surface area contributed by atoms with Crippen LogP contribution in [0.3, 0.4) is 0 Å². The van der Waals surface area contributed by atoms with Crippen LogP contribution < -0.4 is 9.47 Å². The van der Waals surface area contributed by atoms with Crippen LogP contribution in [0, 0.1) is 11.3 Å². The molecule has 2 aliphatic heterocycles. The third-order valence-corrected chi connectivity index (χ3v) is 9.23. The molecule has 1 aromatic carbocycles. The second-order valence-electron chi connectivity index (χ2n) is 9.53. The molecule has 2 aromatic heterocycles. The molecule has 0 aliphatic carbocycles. The van der Waals surface area contributed by atoms with Crippen molar-refractivity contribution in [3.63, 3.8) is 0 Å². The average Bonchev–Trinajstić information content (AvgIpc) is 3.52. The van der Waals surface area contributed by atoms with Crippen molar-refractivity contribution in [2.24, 2.45) is 11.3 Å². The number of aliphatic carboxylic acids is 1. The molecule has 13 heteroatoms. The number of carbonyl (C=O) groups is 3. The van der Waals surface area contributed by atoms with Crippen LogP contribution in [0.5, 0.6) is 11.5 Å². The molecule has 206 valence electrons. The number of hydrogen-bond acceptors (Lipinski definition) is 10. The number of methoxy groups -OCH3 is 1. The number of hydrogen-bond donors (Lipinski definition) is 2. The van der Waals surface area contributed by atoms with E-state index in [0.29, 0.717) is 16.2 Å². The lowest BCUT2D eigenvalue weighted by Gasteiger charge is -2.50. The molecule has 0 saturated carbocycles. The highest BCUT2D eigenvalue weighted by atomic mass is 32.2. The Labute approximate surface area is 232 Å². The predicted octanol–water partition coefficient (Wildman–Crippen LogP) is 3.76. The molecule has 1 amide bonds. The molecule has 5 rings (SSSR count). The van der Waals surface area contributed by atoms with Gasteiger partial charge in [0.1, 0.15) is 21.9 Å². The number of imidazole rings is 1. The highest BCUT2D eigenvalue weighted by Crippen LogP contribution is 2.60. The van der Waals surface area contributed by atoms with Gasteiger partial charge in [0.25, 0.3) is 0 Å². The number of amides is 1.